The first-order chi connectivity index (χ1) is 8.63. The topological polar surface area (TPSA) is 60.1 Å². The molecule has 4 nitrogen and oxygen atoms in total. The number of hydrogen-bond acceptors (Lipinski definition) is 4. The Morgan fingerprint density at radius 3 is 3.17 bits per heavy atom. The lowest BCUT2D eigenvalue weighted by molar-refractivity contribution is 0.175. The molecule has 0 amide bonds. The normalized spacial score (nSPS) is 20.8. The minimum Gasteiger partial charge on any atom is -0.393 e. The van der Waals surface area contributed by atoms with Crippen molar-refractivity contribution in [2.75, 3.05) is 11.4 Å². The van der Waals surface area contributed by atoms with Crippen molar-refractivity contribution in [1.82, 2.24) is 4.98 Å². The molecule has 1 N–H and O–H groups in total. The molecule has 1 saturated heterocycles. The number of hydrogen-bond donors (Lipinski definition) is 1. The summed E-state index contributed by atoms with van der Waals surface area (Å²) >= 11 is 6.20. The average Bonchev–Trinajstić information content (AvgIpc) is 2.76. The summed E-state index contributed by atoms with van der Waals surface area (Å²) in [4.78, 5) is 6.39. The lowest BCUT2D eigenvalue weighted by Gasteiger charge is -2.27. The van der Waals surface area contributed by atoms with Crippen LogP contribution < -0.4 is 4.90 Å². The first-order valence-electron chi connectivity index (χ1n) is 6.12. The second-order valence-corrected chi connectivity index (χ2v) is 5.06. The number of nitriles is 1. The number of pyridine rings is 1. The molecule has 1 fully saturated rings. The Hall–Kier alpha value is -1.31. The Bertz CT molecular complexity index is 470. The van der Waals surface area contributed by atoms with Gasteiger partial charge < -0.3 is 10.0 Å². The standard InChI is InChI=1S/C13H16ClN3O/c1-9(18)7-11-3-2-6-17(11)13-12(14)10(8-15)4-5-16-13/h4-5,9,11,18H,2-3,6-7H2,1H3. The van der Waals surface area contributed by atoms with Crippen molar-refractivity contribution in [3.63, 3.8) is 0 Å². The highest BCUT2D eigenvalue weighted by molar-refractivity contribution is 6.34. The maximum absolute atomic E-state index is 9.52. The Morgan fingerprint density at radius 2 is 2.50 bits per heavy atom. The zero-order chi connectivity index (χ0) is 13.1. The molecule has 2 rings (SSSR count). The van der Waals surface area contributed by atoms with Crippen LogP contribution in [0.5, 0.6) is 0 Å². The van der Waals surface area contributed by atoms with Crippen molar-refractivity contribution < 1.29 is 5.11 Å². The third-order valence-electron chi connectivity index (χ3n) is 3.25. The molecular weight excluding hydrogens is 250 g/mol. The number of anilines is 1. The van der Waals surface area contributed by atoms with Crippen LogP contribution in [-0.2, 0) is 0 Å². The van der Waals surface area contributed by atoms with Crippen molar-refractivity contribution in [2.24, 2.45) is 0 Å². The van der Waals surface area contributed by atoms with E-state index in [1.165, 1.54) is 0 Å². The van der Waals surface area contributed by atoms with E-state index in [2.05, 4.69) is 16.0 Å². The highest BCUT2D eigenvalue weighted by Crippen LogP contribution is 2.33. The first-order valence-corrected chi connectivity index (χ1v) is 6.50. The molecular formula is C13H16ClN3O. The molecule has 1 aromatic heterocycles. The van der Waals surface area contributed by atoms with Gasteiger partial charge in [-0.1, -0.05) is 11.6 Å². The second-order valence-electron chi connectivity index (χ2n) is 4.68. The summed E-state index contributed by atoms with van der Waals surface area (Å²) in [6, 6.07) is 3.94. The summed E-state index contributed by atoms with van der Waals surface area (Å²) in [5, 5.41) is 18.9. The maximum atomic E-state index is 9.52. The fourth-order valence-corrected chi connectivity index (χ4v) is 2.74. The molecule has 96 valence electrons. The van der Waals surface area contributed by atoms with Gasteiger partial charge >= 0.3 is 0 Å². The molecule has 1 aliphatic rings. The maximum Gasteiger partial charge on any atom is 0.148 e. The largest absolute Gasteiger partial charge is 0.393 e. The van der Waals surface area contributed by atoms with Gasteiger partial charge in [-0.2, -0.15) is 5.26 Å². The molecule has 0 aromatic carbocycles. The van der Waals surface area contributed by atoms with Gasteiger partial charge in [0.1, 0.15) is 16.9 Å². The van der Waals surface area contributed by atoms with Crippen molar-refractivity contribution in [3.05, 3.63) is 22.8 Å². The molecule has 0 radical (unpaired) electrons. The number of aliphatic hydroxyl groups excluding tert-OH is 1. The Labute approximate surface area is 112 Å². The fraction of sp³-hybridized carbons (Fsp3) is 0.538. The van der Waals surface area contributed by atoms with E-state index in [0.29, 0.717) is 22.8 Å². The van der Waals surface area contributed by atoms with Gasteiger partial charge in [-0.3, -0.25) is 0 Å². The van der Waals surface area contributed by atoms with Gasteiger partial charge in [0.05, 0.1) is 11.7 Å². The Balaban J connectivity index is 2.28. The third kappa shape index (κ3) is 2.58. The molecule has 0 aliphatic carbocycles. The lowest BCUT2D eigenvalue weighted by Crippen LogP contribution is -2.32. The summed E-state index contributed by atoms with van der Waals surface area (Å²) in [7, 11) is 0. The zero-order valence-electron chi connectivity index (χ0n) is 10.3. The van der Waals surface area contributed by atoms with Crippen LogP contribution in [0.25, 0.3) is 0 Å². The van der Waals surface area contributed by atoms with Crippen molar-refractivity contribution in [1.29, 1.82) is 5.26 Å². The summed E-state index contributed by atoms with van der Waals surface area (Å²) in [6.45, 7) is 2.66. The van der Waals surface area contributed by atoms with E-state index in [1.807, 2.05) is 0 Å². The molecule has 0 saturated carbocycles. The number of aromatic nitrogens is 1. The van der Waals surface area contributed by atoms with E-state index in [-0.39, 0.29) is 12.1 Å². The summed E-state index contributed by atoms with van der Waals surface area (Å²) < 4.78 is 0. The van der Waals surface area contributed by atoms with E-state index in [1.54, 1.807) is 19.2 Å². The fourth-order valence-electron chi connectivity index (χ4n) is 2.47. The monoisotopic (exact) mass is 265 g/mol. The summed E-state index contributed by atoms with van der Waals surface area (Å²) in [6.07, 6.45) is 4.06. The third-order valence-corrected chi connectivity index (χ3v) is 3.63. The molecule has 1 aliphatic heterocycles. The lowest BCUT2D eigenvalue weighted by atomic mass is 10.1. The molecule has 2 heterocycles. The number of halogens is 1. The highest BCUT2D eigenvalue weighted by Gasteiger charge is 2.28. The van der Waals surface area contributed by atoms with E-state index in [0.717, 1.165) is 19.4 Å². The summed E-state index contributed by atoms with van der Waals surface area (Å²) in [5.41, 5.74) is 0.448. The van der Waals surface area contributed by atoms with Gasteiger partial charge in [0.15, 0.2) is 0 Å². The number of aliphatic hydroxyl groups is 1. The molecule has 2 atom stereocenters. The van der Waals surface area contributed by atoms with Crippen LogP contribution in [0.4, 0.5) is 5.82 Å². The van der Waals surface area contributed by atoms with Crippen LogP contribution in [0, 0.1) is 11.3 Å². The molecule has 2 unspecified atom stereocenters. The van der Waals surface area contributed by atoms with Crippen molar-refractivity contribution in [2.45, 2.75) is 38.3 Å². The van der Waals surface area contributed by atoms with E-state index >= 15 is 0 Å². The van der Waals surface area contributed by atoms with Crippen LogP contribution in [0.15, 0.2) is 12.3 Å². The predicted molar refractivity (Wildman–Crippen MR) is 70.6 cm³/mol. The average molecular weight is 266 g/mol. The van der Waals surface area contributed by atoms with Gasteiger partial charge in [0.2, 0.25) is 0 Å². The number of rotatable bonds is 3. The quantitative estimate of drug-likeness (QED) is 0.911. The van der Waals surface area contributed by atoms with E-state index in [4.69, 9.17) is 16.9 Å². The van der Waals surface area contributed by atoms with E-state index < -0.39 is 0 Å². The SMILES string of the molecule is CC(O)CC1CCCN1c1nccc(C#N)c1Cl. The molecule has 0 bridgehead atoms. The van der Waals surface area contributed by atoms with Gasteiger partial charge in [0, 0.05) is 18.8 Å². The molecule has 0 spiro atoms. The number of nitrogens with zero attached hydrogens (tertiary/aromatic N) is 3. The summed E-state index contributed by atoms with van der Waals surface area (Å²) in [5.74, 6) is 0.666. The highest BCUT2D eigenvalue weighted by atomic mass is 35.5. The molecule has 1 aromatic rings. The van der Waals surface area contributed by atoms with Crippen LogP contribution >= 0.6 is 11.6 Å². The second kappa shape index (κ2) is 5.55. The van der Waals surface area contributed by atoms with Crippen LogP contribution in [0.3, 0.4) is 0 Å². The van der Waals surface area contributed by atoms with Gasteiger partial charge in [-0.25, -0.2) is 4.98 Å². The Morgan fingerprint density at radius 1 is 1.72 bits per heavy atom. The van der Waals surface area contributed by atoms with Crippen molar-refractivity contribution in [3.8, 4) is 6.07 Å². The molecule has 5 heteroatoms. The van der Waals surface area contributed by atoms with Crippen LogP contribution in [0.1, 0.15) is 31.7 Å². The predicted octanol–water partition coefficient (Wildman–Crippen LogP) is 2.35. The van der Waals surface area contributed by atoms with Gasteiger partial charge in [-0.15, -0.1) is 0 Å². The first kappa shape index (κ1) is 13.1. The minimum absolute atomic E-state index is 0.254. The zero-order valence-corrected chi connectivity index (χ0v) is 11.1. The van der Waals surface area contributed by atoms with E-state index in [9.17, 15) is 5.11 Å². The molecule has 18 heavy (non-hydrogen) atoms. The van der Waals surface area contributed by atoms with Gasteiger partial charge in [-0.05, 0) is 32.3 Å². The smallest absolute Gasteiger partial charge is 0.148 e. The van der Waals surface area contributed by atoms with Crippen LogP contribution in [0.2, 0.25) is 5.02 Å². The van der Waals surface area contributed by atoms with Gasteiger partial charge in [0.25, 0.3) is 0 Å². The van der Waals surface area contributed by atoms with Crippen molar-refractivity contribution >= 4 is 17.4 Å². The van der Waals surface area contributed by atoms with Crippen LogP contribution in [-0.4, -0.2) is 28.8 Å². The minimum atomic E-state index is -0.339. The Kier molecular flexibility index (Phi) is 4.05.